The number of ether oxygens (including phenoxy) is 1. The van der Waals surface area contributed by atoms with Crippen LogP contribution in [-0.2, 0) is 24.5 Å². The Morgan fingerprint density at radius 2 is 1.70 bits per heavy atom. The van der Waals surface area contributed by atoms with Gasteiger partial charge in [0.05, 0.1) is 6.04 Å². The minimum absolute atomic E-state index is 0.115. The van der Waals surface area contributed by atoms with Gasteiger partial charge in [0.15, 0.2) is 0 Å². The molecule has 10 heteroatoms. The lowest BCUT2D eigenvalue weighted by Crippen LogP contribution is -2.52. The van der Waals surface area contributed by atoms with Gasteiger partial charge in [0.25, 0.3) is 0 Å². The predicted octanol–water partition coefficient (Wildman–Crippen LogP) is 6.29. The summed E-state index contributed by atoms with van der Waals surface area (Å²) in [6.07, 6.45) is 5.61. The van der Waals surface area contributed by atoms with Gasteiger partial charge in [-0.1, -0.05) is 93.4 Å². The van der Waals surface area contributed by atoms with Crippen LogP contribution in [0.3, 0.4) is 0 Å². The van der Waals surface area contributed by atoms with Crippen molar-refractivity contribution in [2.45, 2.75) is 88.8 Å². The van der Waals surface area contributed by atoms with Crippen molar-refractivity contribution in [1.82, 2.24) is 16.0 Å². The van der Waals surface area contributed by atoms with Gasteiger partial charge in [-0.2, -0.15) is 0 Å². The number of hydrogen-bond acceptors (Lipinski definition) is 5. The summed E-state index contributed by atoms with van der Waals surface area (Å²) < 4.78 is 6.12. The Labute approximate surface area is 263 Å². The van der Waals surface area contributed by atoms with Crippen molar-refractivity contribution in [3.63, 3.8) is 0 Å². The third-order valence-electron chi connectivity index (χ3n) is 8.70. The van der Waals surface area contributed by atoms with Gasteiger partial charge in [-0.25, -0.2) is 4.79 Å². The first-order valence-corrected chi connectivity index (χ1v) is 15.8. The van der Waals surface area contributed by atoms with Crippen LogP contribution in [0.1, 0.15) is 82.4 Å². The molecule has 1 saturated heterocycles. The average molecular weight is 631 g/mol. The van der Waals surface area contributed by atoms with Crippen LogP contribution in [0.2, 0.25) is 10.0 Å². The second-order valence-electron chi connectivity index (χ2n) is 12.3. The quantitative estimate of drug-likeness (QED) is 0.239. The molecule has 2 aliphatic rings. The minimum atomic E-state index is -0.912. The van der Waals surface area contributed by atoms with E-state index in [1.165, 1.54) is 0 Å². The van der Waals surface area contributed by atoms with Crippen molar-refractivity contribution in [1.29, 1.82) is 0 Å². The molecule has 2 aromatic carbocycles. The largest absolute Gasteiger partial charge is 0.440 e. The first kappa shape index (κ1) is 32.8. The Hall–Kier alpha value is -3.10. The zero-order valence-electron chi connectivity index (χ0n) is 24.7. The minimum Gasteiger partial charge on any atom is -0.440 e. The van der Waals surface area contributed by atoms with Gasteiger partial charge in [-0.15, -0.1) is 0 Å². The molecule has 4 atom stereocenters. The molecule has 3 amide bonds. The molecule has 1 unspecified atom stereocenters. The first-order chi connectivity index (χ1) is 20.6. The highest BCUT2D eigenvalue weighted by Crippen LogP contribution is 2.41. The van der Waals surface area contributed by atoms with Crippen LogP contribution in [-0.4, -0.2) is 42.8 Å². The van der Waals surface area contributed by atoms with Gasteiger partial charge in [0, 0.05) is 27.9 Å². The fourth-order valence-electron chi connectivity index (χ4n) is 6.22. The summed E-state index contributed by atoms with van der Waals surface area (Å²) in [4.78, 5) is 51.1. The Balaban J connectivity index is 1.54. The molecule has 1 aliphatic carbocycles. The van der Waals surface area contributed by atoms with Gasteiger partial charge in [-0.3, -0.25) is 9.59 Å². The number of alkyl carbamates (subject to hydrolysis) is 1. The highest BCUT2D eigenvalue weighted by Gasteiger charge is 2.38. The van der Waals surface area contributed by atoms with E-state index in [2.05, 4.69) is 16.0 Å². The second kappa shape index (κ2) is 15.1. The molecule has 232 valence electrons. The Kier molecular flexibility index (Phi) is 11.5. The first-order valence-electron chi connectivity index (χ1n) is 15.1. The summed E-state index contributed by atoms with van der Waals surface area (Å²) in [6, 6.07) is 12.8. The number of benzene rings is 2. The smallest absolute Gasteiger partial charge is 0.408 e. The SMILES string of the molecule is CC(C)(c1cccc(Cl)c1)C(OC(=O)N[C@@H](CC1CCCCC1)C(=O)N[C@H](C=O)C[C@@H]1CCNC1=O)c1cccc(Cl)c1. The maximum absolute atomic E-state index is 13.6. The number of nitrogens with one attached hydrogen (secondary N) is 3. The molecule has 0 bridgehead atoms. The topological polar surface area (TPSA) is 114 Å². The number of carbonyl (C=O) groups is 4. The number of carbonyl (C=O) groups excluding carboxylic acids is 4. The Morgan fingerprint density at radius 1 is 1.00 bits per heavy atom. The fraction of sp³-hybridized carbons (Fsp3) is 0.515. The molecule has 0 radical (unpaired) electrons. The van der Waals surface area contributed by atoms with Crippen LogP contribution in [0.15, 0.2) is 48.5 Å². The van der Waals surface area contributed by atoms with Crippen molar-refractivity contribution in [3.05, 3.63) is 69.7 Å². The van der Waals surface area contributed by atoms with Crippen LogP contribution < -0.4 is 16.0 Å². The molecule has 1 aliphatic heterocycles. The number of halogens is 2. The van der Waals surface area contributed by atoms with E-state index in [4.69, 9.17) is 27.9 Å². The van der Waals surface area contributed by atoms with Crippen molar-refractivity contribution in [2.75, 3.05) is 6.54 Å². The summed E-state index contributed by atoms with van der Waals surface area (Å²) in [5.74, 6) is -0.661. The van der Waals surface area contributed by atoms with E-state index in [9.17, 15) is 19.2 Å². The molecular weight excluding hydrogens is 589 g/mol. The summed E-state index contributed by atoms with van der Waals surface area (Å²) in [7, 11) is 0. The maximum atomic E-state index is 13.6. The second-order valence-corrected chi connectivity index (χ2v) is 13.1. The normalized spacial score (nSPS) is 19.5. The number of amides is 3. The molecule has 43 heavy (non-hydrogen) atoms. The monoisotopic (exact) mass is 629 g/mol. The van der Waals surface area contributed by atoms with E-state index in [-0.39, 0.29) is 24.2 Å². The van der Waals surface area contributed by atoms with Crippen LogP contribution >= 0.6 is 23.2 Å². The number of hydrogen-bond donors (Lipinski definition) is 3. The molecule has 2 fully saturated rings. The van der Waals surface area contributed by atoms with Crippen LogP contribution in [0.25, 0.3) is 0 Å². The van der Waals surface area contributed by atoms with Gasteiger partial charge >= 0.3 is 6.09 Å². The average Bonchev–Trinajstić information content (AvgIpc) is 3.39. The lowest BCUT2D eigenvalue weighted by Gasteiger charge is -2.35. The molecule has 0 aromatic heterocycles. The lowest BCUT2D eigenvalue weighted by atomic mass is 9.76. The van der Waals surface area contributed by atoms with Gasteiger partial charge in [-0.05, 0) is 60.6 Å². The lowest BCUT2D eigenvalue weighted by molar-refractivity contribution is -0.127. The summed E-state index contributed by atoms with van der Waals surface area (Å²) in [5.41, 5.74) is 0.828. The van der Waals surface area contributed by atoms with Crippen molar-refractivity contribution in [2.24, 2.45) is 11.8 Å². The Bertz CT molecular complexity index is 1300. The third kappa shape index (κ3) is 8.96. The zero-order valence-corrected chi connectivity index (χ0v) is 26.3. The fourth-order valence-corrected chi connectivity index (χ4v) is 6.61. The predicted molar refractivity (Wildman–Crippen MR) is 167 cm³/mol. The van der Waals surface area contributed by atoms with Crippen molar-refractivity contribution in [3.8, 4) is 0 Å². The standard InChI is InChI=1S/C33H41Cl2N3O5/c1-33(2,24-11-7-13-26(35)19-24)29(22-10-6-12-25(34)17-22)43-32(42)38-28(16-21-8-4-3-5-9-21)31(41)37-27(20-39)18-23-14-15-36-30(23)40/h6-7,10-13,17,19-21,23,27-29H,3-5,8-9,14-16,18H2,1-2H3,(H,36,40)(H,37,41)(H,38,42)/t23-,27-,28-,29?/m0/s1. The molecule has 0 spiro atoms. The molecule has 3 N–H and O–H groups in total. The van der Waals surface area contributed by atoms with E-state index in [0.29, 0.717) is 41.3 Å². The van der Waals surface area contributed by atoms with Crippen LogP contribution in [0.4, 0.5) is 4.79 Å². The van der Waals surface area contributed by atoms with E-state index < -0.39 is 35.6 Å². The summed E-state index contributed by atoms with van der Waals surface area (Å²) >= 11 is 12.6. The molecule has 1 heterocycles. The highest BCUT2D eigenvalue weighted by molar-refractivity contribution is 6.31. The maximum Gasteiger partial charge on any atom is 0.408 e. The van der Waals surface area contributed by atoms with Gasteiger partial charge in [0.1, 0.15) is 18.4 Å². The third-order valence-corrected chi connectivity index (χ3v) is 9.17. The van der Waals surface area contributed by atoms with Gasteiger partial charge in [0.2, 0.25) is 11.8 Å². The Morgan fingerprint density at radius 3 is 2.33 bits per heavy atom. The van der Waals surface area contributed by atoms with Crippen LogP contribution in [0, 0.1) is 11.8 Å². The van der Waals surface area contributed by atoms with Crippen molar-refractivity contribution >= 4 is 47.4 Å². The van der Waals surface area contributed by atoms with E-state index in [1.807, 2.05) is 38.1 Å². The molecule has 4 rings (SSSR count). The van der Waals surface area contributed by atoms with E-state index >= 15 is 0 Å². The molecule has 8 nitrogen and oxygen atoms in total. The molecular formula is C33H41Cl2N3O5. The molecule has 2 aromatic rings. The van der Waals surface area contributed by atoms with E-state index in [1.54, 1.807) is 24.3 Å². The summed E-state index contributed by atoms with van der Waals surface area (Å²) in [6.45, 7) is 4.47. The highest BCUT2D eigenvalue weighted by atomic mass is 35.5. The van der Waals surface area contributed by atoms with E-state index in [0.717, 1.165) is 37.7 Å². The molecule has 1 saturated carbocycles. The van der Waals surface area contributed by atoms with Gasteiger partial charge < -0.3 is 25.5 Å². The summed E-state index contributed by atoms with van der Waals surface area (Å²) in [5, 5.41) is 9.41. The number of aldehydes is 1. The van der Waals surface area contributed by atoms with Crippen LogP contribution in [0.5, 0.6) is 0 Å². The number of rotatable bonds is 12. The zero-order chi connectivity index (χ0) is 31.0. The van der Waals surface area contributed by atoms with Crippen molar-refractivity contribution < 1.29 is 23.9 Å².